The summed E-state index contributed by atoms with van der Waals surface area (Å²) in [5.74, 6) is 0.621. The Balaban J connectivity index is 2.49. The van der Waals surface area contributed by atoms with Crippen molar-refractivity contribution >= 4 is 17.4 Å². The Morgan fingerprint density at radius 2 is 2.32 bits per heavy atom. The average Bonchev–Trinajstić information content (AvgIpc) is 2.44. The number of anilines is 2. The predicted octanol–water partition coefficient (Wildman–Crippen LogP) is 0.942. The summed E-state index contributed by atoms with van der Waals surface area (Å²) in [4.78, 5) is 15.7. The fraction of sp³-hybridized carbons (Fsp3) is 0.538. The largest absolute Gasteiger partial charge is 0.394 e. The van der Waals surface area contributed by atoms with Crippen molar-refractivity contribution in [3.63, 3.8) is 0 Å². The van der Waals surface area contributed by atoms with Crippen LogP contribution in [0, 0.1) is 0 Å². The van der Waals surface area contributed by atoms with Crippen LogP contribution in [0.15, 0.2) is 18.3 Å². The van der Waals surface area contributed by atoms with Crippen LogP contribution < -0.4 is 16.4 Å². The van der Waals surface area contributed by atoms with E-state index >= 15 is 0 Å². The zero-order chi connectivity index (χ0) is 14.1. The molecule has 0 saturated carbocycles. The molecule has 6 heteroatoms. The maximum Gasteiger partial charge on any atom is 0.224 e. The smallest absolute Gasteiger partial charge is 0.224 e. The van der Waals surface area contributed by atoms with Gasteiger partial charge in [0.15, 0.2) is 0 Å². The van der Waals surface area contributed by atoms with Crippen molar-refractivity contribution in [2.24, 2.45) is 5.73 Å². The van der Waals surface area contributed by atoms with Crippen LogP contribution in [0.1, 0.15) is 26.2 Å². The van der Waals surface area contributed by atoms with Gasteiger partial charge in [-0.1, -0.05) is 6.92 Å². The number of nitrogens with one attached hydrogen (secondary N) is 2. The topological polar surface area (TPSA) is 100 Å². The summed E-state index contributed by atoms with van der Waals surface area (Å²) in [7, 11) is 0. The second-order valence-corrected chi connectivity index (χ2v) is 4.30. The van der Waals surface area contributed by atoms with Gasteiger partial charge in [0.05, 0.1) is 24.5 Å². The molecule has 1 rings (SSSR count). The third kappa shape index (κ3) is 5.67. The lowest BCUT2D eigenvalue weighted by molar-refractivity contribution is -0.116. The summed E-state index contributed by atoms with van der Waals surface area (Å²) in [5, 5.41) is 14.9. The molecule has 0 aromatic carbocycles. The van der Waals surface area contributed by atoms with Crippen molar-refractivity contribution in [3.05, 3.63) is 18.3 Å². The molecule has 1 atom stereocenters. The van der Waals surface area contributed by atoms with Crippen LogP contribution in [0.2, 0.25) is 0 Å². The molecular formula is C13H22N4O2. The van der Waals surface area contributed by atoms with Crippen LogP contribution in [0.3, 0.4) is 0 Å². The molecule has 1 unspecified atom stereocenters. The molecule has 0 aliphatic rings. The molecule has 6 nitrogen and oxygen atoms in total. The highest BCUT2D eigenvalue weighted by molar-refractivity contribution is 5.90. The molecule has 0 radical (unpaired) electrons. The van der Waals surface area contributed by atoms with E-state index in [1.807, 2.05) is 6.92 Å². The summed E-state index contributed by atoms with van der Waals surface area (Å²) in [6, 6.07) is 3.55. The molecule has 106 valence electrons. The zero-order valence-corrected chi connectivity index (χ0v) is 11.2. The second-order valence-electron chi connectivity index (χ2n) is 4.30. The number of aromatic nitrogens is 1. The number of carbonyl (C=O) groups is 1. The number of aliphatic hydroxyl groups is 1. The zero-order valence-electron chi connectivity index (χ0n) is 11.2. The standard InChI is InChI=1S/C13H22N4O2/c1-2-10(9-18)16-12-6-5-11(8-15-12)17-13(19)4-3-7-14/h5-6,8,10,18H,2-4,7,9,14H2,1H3,(H,15,16)(H,17,19). The minimum atomic E-state index is -0.0604. The van der Waals surface area contributed by atoms with Gasteiger partial charge in [0.2, 0.25) is 5.91 Å². The number of hydrogen-bond donors (Lipinski definition) is 4. The van der Waals surface area contributed by atoms with E-state index in [9.17, 15) is 4.79 Å². The quantitative estimate of drug-likeness (QED) is 0.561. The number of hydrogen-bond acceptors (Lipinski definition) is 5. The summed E-state index contributed by atoms with van der Waals surface area (Å²) >= 11 is 0. The average molecular weight is 266 g/mol. The highest BCUT2D eigenvalue weighted by Gasteiger charge is 2.06. The SMILES string of the molecule is CCC(CO)Nc1ccc(NC(=O)CCCN)cn1. The van der Waals surface area contributed by atoms with Crippen molar-refractivity contribution in [1.29, 1.82) is 0 Å². The first-order chi connectivity index (χ1) is 9.19. The van der Waals surface area contributed by atoms with Crippen LogP contribution in [-0.4, -0.2) is 35.2 Å². The fourth-order valence-corrected chi connectivity index (χ4v) is 1.53. The fourth-order valence-electron chi connectivity index (χ4n) is 1.53. The Morgan fingerprint density at radius 1 is 1.53 bits per heavy atom. The van der Waals surface area contributed by atoms with E-state index in [2.05, 4.69) is 15.6 Å². The monoisotopic (exact) mass is 266 g/mol. The van der Waals surface area contributed by atoms with Crippen molar-refractivity contribution in [2.45, 2.75) is 32.2 Å². The van der Waals surface area contributed by atoms with Gasteiger partial charge in [-0.05, 0) is 31.5 Å². The summed E-state index contributed by atoms with van der Waals surface area (Å²) in [6.45, 7) is 2.56. The van der Waals surface area contributed by atoms with E-state index in [0.717, 1.165) is 6.42 Å². The molecule has 0 bridgehead atoms. The third-order valence-corrected chi connectivity index (χ3v) is 2.72. The van der Waals surface area contributed by atoms with E-state index in [0.29, 0.717) is 30.9 Å². The van der Waals surface area contributed by atoms with Crippen LogP contribution in [0.4, 0.5) is 11.5 Å². The highest BCUT2D eigenvalue weighted by atomic mass is 16.3. The number of nitrogens with two attached hydrogens (primary N) is 1. The summed E-state index contributed by atoms with van der Waals surface area (Å²) in [5.41, 5.74) is 6.00. The molecule has 0 fully saturated rings. The Morgan fingerprint density at radius 3 is 2.84 bits per heavy atom. The number of amides is 1. The number of nitrogens with zero attached hydrogens (tertiary/aromatic N) is 1. The lowest BCUT2D eigenvalue weighted by Crippen LogP contribution is -2.23. The number of rotatable bonds is 8. The number of pyridine rings is 1. The Hall–Kier alpha value is -1.66. The minimum Gasteiger partial charge on any atom is -0.394 e. The van der Waals surface area contributed by atoms with Crippen molar-refractivity contribution in [3.8, 4) is 0 Å². The highest BCUT2D eigenvalue weighted by Crippen LogP contribution is 2.11. The van der Waals surface area contributed by atoms with Gasteiger partial charge < -0.3 is 21.5 Å². The molecule has 0 spiro atoms. The predicted molar refractivity (Wildman–Crippen MR) is 75.9 cm³/mol. The molecule has 1 heterocycles. The molecule has 1 amide bonds. The maximum absolute atomic E-state index is 11.5. The lowest BCUT2D eigenvalue weighted by Gasteiger charge is -2.14. The van der Waals surface area contributed by atoms with E-state index in [4.69, 9.17) is 10.8 Å². The first-order valence-electron chi connectivity index (χ1n) is 6.53. The number of aliphatic hydroxyl groups excluding tert-OH is 1. The summed E-state index contributed by atoms with van der Waals surface area (Å²) in [6.07, 6.45) is 3.50. The normalized spacial score (nSPS) is 11.9. The molecule has 1 aromatic rings. The van der Waals surface area contributed by atoms with Gasteiger partial charge in [0.1, 0.15) is 5.82 Å². The van der Waals surface area contributed by atoms with Gasteiger partial charge >= 0.3 is 0 Å². The van der Waals surface area contributed by atoms with Gasteiger partial charge in [-0.15, -0.1) is 0 Å². The van der Waals surface area contributed by atoms with Crippen molar-refractivity contribution < 1.29 is 9.90 Å². The van der Waals surface area contributed by atoms with Crippen LogP contribution in [0.5, 0.6) is 0 Å². The molecule has 5 N–H and O–H groups in total. The van der Waals surface area contributed by atoms with Crippen molar-refractivity contribution in [2.75, 3.05) is 23.8 Å². The van der Waals surface area contributed by atoms with E-state index in [-0.39, 0.29) is 18.6 Å². The third-order valence-electron chi connectivity index (χ3n) is 2.72. The second kappa shape index (κ2) is 8.44. The van der Waals surface area contributed by atoms with Gasteiger partial charge in [-0.2, -0.15) is 0 Å². The van der Waals surface area contributed by atoms with E-state index in [1.165, 1.54) is 0 Å². The van der Waals surface area contributed by atoms with Gasteiger partial charge in [0.25, 0.3) is 0 Å². The first kappa shape index (κ1) is 15.4. The first-order valence-corrected chi connectivity index (χ1v) is 6.53. The molecule has 0 aliphatic heterocycles. The van der Waals surface area contributed by atoms with E-state index in [1.54, 1.807) is 18.3 Å². The lowest BCUT2D eigenvalue weighted by atomic mass is 10.2. The van der Waals surface area contributed by atoms with Gasteiger partial charge in [-0.25, -0.2) is 4.98 Å². The van der Waals surface area contributed by atoms with Crippen LogP contribution >= 0.6 is 0 Å². The van der Waals surface area contributed by atoms with Crippen LogP contribution in [0.25, 0.3) is 0 Å². The minimum absolute atomic E-state index is 0.00232. The van der Waals surface area contributed by atoms with Gasteiger partial charge in [-0.3, -0.25) is 4.79 Å². The van der Waals surface area contributed by atoms with Gasteiger partial charge in [0, 0.05) is 6.42 Å². The molecular weight excluding hydrogens is 244 g/mol. The summed E-state index contributed by atoms with van der Waals surface area (Å²) < 4.78 is 0. The Labute approximate surface area is 113 Å². The molecule has 1 aromatic heterocycles. The maximum atomic E-state index is 11.5. The molecule has 0 aliphatic carbocycles. The van der Waals surface area contributed by atoms with E-state index < -0.39 is 0 Å². The molecule has 0 saturated heterocycles. The molecule has 19 heavy (non-hydrogen) atoms. The Bertz CT molecular complexity index is 377. The van der Waals surface area contributed by atoms with Crippen molar-refractivity contribution in [1.82, 2.24) is 4.98 Å². The van der Waals surface area contributed by atoms with Crippen LogP contribution in [-0.2, 0) is 4.79 Å². The number of carbonyl (C=O) groups excluding carboxylic acids is 1. The Kier molecular flexibility index (Phi) is 6.84.